The highest BCUT2D eigenvalue weighted by Gasteiger charge is 1.89. The predicted octanol–water partition coefficient (Wildman–Crippen LogP) is 0.177. The molecule has 3 nitrogen and oxygen atoms in total. The minimum absolute atomic E-state index is 0.542. The summed E-state index contributed by atoms with van der Waals surface area (Å²) in [6.45, 7) is 2.44. The van der Waals surface area contributed by atoms with E-state index in [1.54, 1.807) is 6.20 Å². The third-order valence-electron chi connectivity index (χ3n) is 0.975. The fourth-order valence-corrected chi connectivity index (χ4v) is 0.575. The predicted molar refractivity (Wildman–Crippen MR) is 31.2 cm³/mol. The monoisotopic (exact) mass is 111 g/mol. The Morgan fingerprint density at radius 3 is 2.88 bits per heavy atom. The van der Waals surface area contributed by atoms with Crippen molar-refractivity contribution in [1.82, 2.24) is 9.97 Å². The maximum absolute atomic E-state index is 5.29. The van der Waals surface area contributed by atoms with Gasteiger partial charge in [0.05, 0.1) is 0 Å². The first-order chi connectivity index (χ1) is 3.83. The van der Waals surface area contributed by atoms with Crippen LogP contribution >= 0.6 is 0 Å². The number of rotatable bonds is 1. The third kappa shape index (κ3) is 0.869. The molecule has 0 aliphatic heterocycles. The molecule has 3 N–H and O–H groups in total. The van der Waals surface area contributed by atoms with Crippen molar-refractivity contribution in [2.45, 2.75) is 13.5 Å². The topological polar surface area (TPSA) is 54.7 Å². The minimum atomic E-state index is 0.542. The van der Waals surface area contributed by atoms with Crippen LogP contribution in [0.5, 0.6) is 0 Å². The van der Waals surface area contributed by atoms with Gasteiger partial charge in [-0.2, -0.15) is 0 Å². The first-order valence-electron chi connectivity index (χ1n) is 2.53. The van der Waals surface area contributed by atoms with Crippen molar-refractivity contribution in [1.29, 1.82) is 0 Å². The Kier molecular flexibility index (Phi) is 1.30. The van der Waals surface area contributed by atoms with Crippen LogP contribution in [-0.2, 0) is 6.54 Å². The number of imidazole rings is 1. The molecule has 1 aromatic heterocycles. The lowest BCUT2D eigenvalue weighted by molar-refractivity contribution is 0.997. The van der Waals surface area contributed by atoms with Crippen LogP contribution in [0.15, 0.2) is 6.20 Å². The second kappa shape index (κ2) is 1.96. The van der Waals surface area contributed by atoms with Gasteiger partial charge >= 0.3 is 0 Å². The zero-order chi connectivity index (χ0) is 5.98. The lowest BCUT2D eigenvalue weighted by Gasteiger charge is -1.82. The molecule has 0 atom stereocenters. The highest BCUT2D eigenvalue weighted by atomic mass is 14.9. The number of nitrogens with one attached hydrogen (secondary N) is 1. The molecule has 0 saturated heterocycles. The molecular weight excluding hydrogens is 102 g/mol. The normalized spacial score (nSPS) is 9.75. The van der Waals surface area contributed by atoms with Crippen molar-refractivity contribution in [3.8, 4) is 0 Å². The first-order valence-corrected chi connectivity index (χ1v) is 2.53. The van der Waals surface area contributed by atoms with E-state index < -0.39 is 0 Å². The van der Waals surface area contributed by atoms with Crippen LogP contribution in [0.2, 0.25) is 0 Å². The Morgan fingerprint density at radius 1 is 1.88 bits per heavy atom. The van der Waals surface area contributed by atoms with E-state index in [0.29, 0.717) is 6.54 Å². The second-order valence-corrected chi connectivity index (χ2v) is 1.70. The molecule has 0 amide bonds. The smallest absolute Gasteiger partial charge is 0.103 e. The molecule has 0 aliphatic rings. The van der Waals surface area contributed by atoms with Crippen LogP contribution in [0.3, 0.4) is 0 Å². The van der Waals surface area contributed by atoms with Gasteiger partial charge in [-0.1, -0.05) is 0 Å². The Labute approximate surface area is 47.9 Å². The first kappa shape index (κ1) is 5.31. The number of aryl methyl sites for hydroxylation is 1. The van der Waals surface area contributed by atoms with Crippen LogP contribution in [0.1, 0.15) is 11.5 Å². The molecule has 0 unspecified atom stereocenters. The number of hydrogen-bond acceptors (Lipinski definition) is 2. The number of nitrogens with two attached hydrogens (primary N) is 1. The van der Waals surface area contributed by atoms with E-state index in [9.17, 15) is 0 Å². The van der Waals surface area contributed by atoms with E-state index in [1.807, 2.05) is 6.92 Å². The van der Waals surface area contributed by atoms with Gasteiger partial charge in [-0.3, -0.25) is 0 Å². The molecule has 0 aromatic carbocycles. The summed E-state index contributed by atoms with van der Waals surface area (Å²) < 4.78 is 0. The van der Waals surface area contributed by atoms with Gasteiger partial charge in [-0.25, -0.2) is 4.98 Å². The maximum atomic E-state index is 5.29. The van der Waals surface area contributed by atoms with E-state index in [1.165, 1.54) is 0 Å². The average molecular weight is 111 g/mol. The summed E-state index contributed by atoms with van der Waals surface area (Å²) in [6, 6.07) is 0. The molecule has 44 valence electrons. The average Bonchev–Trinajstić information content (AvgIpc) is 2.14. The van der Waals surface area contributed by atoms with Crippen LogP contribution < -0.4 is 5.73 Å². The SMILES string of the molecule is Cc1ncc(CN)[nH]1. The summed E-state index contributed by atoms with van der Waals surface area (Å²) in [5, 5.41) is 0. The van der Waals surface area contributed by atoms with Gasteiger partial charge in [0.1, 0.15) is 5.82 Å². The van der Waals surface area contributed by atoms with Gasteiger partial charge in [0, 0.05) is 18.4 Å². The number of H-pyrrole nitrogens is 1. The van der Waals surface area contributed by atoms with E-state index in [-0.39, 0.29) is 0 Å². The van der Waals surface area contributed by atoms with E-state index in [0.717, 1.165) is 11.5 Å². The summed E-state index contributed by atoms with van der Waals surface area (Å²) in [7, 11) is 0. The quantitative estimate of drug-likeness (QED) is 0.543. The molecule has 0 saturated carbocycles. The van der Waals surface area contributed by atoms with Crippen LogP contribution in [0, 0.1) is 6.92 Å². The molecule has 0 radical (unpaired) electrons. The molecular formula is C5H9N3. The lowest BCUT2D eigenvalue weighted by atomic mass is 10.5. The van der Waals surface area contributed by atoms with Crippen molar-refractivity contribution >= 4 is 0 Å². The summed E-state index contributed by atoms with van der Waals surface area (Å²) in [6.07, 6.45) is 1.75. The van der Waals surface area contributed by atoms with Crippen LogP contribution in [0.25, 0.3) is 0 Å². The standard InChI is InChI=1S/C5H9N3/c1-4-7-3-5(2-6)8-4/h3H,2,6H2,1H3,(H,7,8). The highest BCUT2D eigenvalue weighted by molar-refractivity contribution is 4.98. The van der Waals surface area contributed by atoms with E-state index >= 15 is 0 Å². The fourth-order valence-electron chi connectivity index (χ4n) is 0.575. The van der Waals surface area contributed by atoms with Crippen molar-refractivity contribution in [2.24, 2.45) is 5.73 Å². The third-order valence-corrected chi connectivity index (χ3v) is 0.975. The van der Waals surface area contributed by atoms with Crippen molar-refractivity contribution in [3.63, 3.8) is 0 Å². The molecule has 0 aliphatic carbocycles. The summed E-state index contributed by atoms with van der Waals surface area (Å²) >= 11 is 0. The van der Waals surface area contributed by atoms with Gasteiger partial charge in [-0.15, -0.1) is 0 Å². The number of hydrogen-bond donors (Lipinski definition) is 2. The number of aromatic amines is 1. The van der Waals surface area contributed by atoms with Crippen molar-refractivity contribution < 1.29 is 0 Å². The van der Waals surface area contributed by atoms with Gasteiger partial charge in [-0.05, 0) is 6.92 Å². The Hall–Kier alpha value is -0.830. The van der Waals surface area contributed by atoms with Crippen molar-refractivity contribution in [2.75, 3.05) is 0 Å². The van der Waals surface area contributed by atoms with Crippen molar-refractivity contribution in [3.05, 3.63) is 17.7 Å². The largest absolute Gasteiger partial charge is 0.345 e. The molecule has 1 aromatic rings. The summed E-state index contributed by atoms with van der Waals surface area (Å²) in [4.78, 5) is 6.94. The second-order valence-electron chi connectivity index (χ2n) is 1.70. The van der Waals surface area contributed by atoms with E-state index in [4.69, 9.17) is 5.73 Å². The maximum Gasteiger partial charge on any atom is 0.103 e. The van der Waals surface area contributed by atoms with Crippen LogP contribution in [-0.4, -0.2) is 9.97 Å². The summed E-state index contributed by atoms with van der Waals surface area (Å²) in [5.74, 6) is 0.922. The Balaban J connectivity index is 2.84. The molecule has 0 spiro atoms. The highest BCUT2D eigenvalue weighted by Crippen LogP contribution is 1.91. The number of nitrogens with zero attached hydrogens (tertiary/aromatic N) is 1. The Morgan fingerprint density at radius 2 is 2.62 bits per heavy atom. The molecule has 1 rings (SSSR count). The zero-order valence-electron chi connectivity index (χ0n) is 4.81. The van der Waals surface area contributed by atoms with E-state index in [2.05, 4.69) is 9.97 Å². The van der Waals surface area contributed by atoms with Gasteiger partial charge in [0.2, 0.25) is 0 Å². The summed E-state index contributed by atoms with van der Waals surface area (Å²) in [5.41, 5.74) is 6.28. The fraction of sp³-hybridized carbons (Fsp3) is 0.400. The molecule has 0 bridgehead atoms. The molecule has 1 heterocycles. The van der Waals surface area contributed by atoms with Gasteiger partial charge < -0.3 is 10.7 Å². The minimum Gasteiger partial charge on any atom is -0.345 e. The Bertz CT molecular complexity index is 168. The molecule has 0 fully saturated rings. The van der Waals surface area contributed by atoms with Gasteiger partial charge in [0.15, 0.2) is 0 Å². The molecule has 3 heteroatoms. The van der Waals surface area contributed by atoms with Crippen LogP contribution in [0.4, 0.5) is 0 Å². The molecule has 8 heavy (non-hydrogen) atoms. The zero-order valence-corrected chi connectivity index (χ0v) is 4.81. The lowest BCUT2D eigenvalue weighted by Crippen LogP contribution is -1.95. The number of aromatic nitrogens is 2. The van der Waals surface area contributed by atoms with Gasteiger partial charge in [0.25, 0.3) is 0 Å².